The van der Waals surface area contributed by atoms with Crippen molar-refractivity contribution in [2.75, 3.05) is 6.61 Å². The zero-order valence-corrected chi connectivity index (χ0v) is 17.5. The highest BCUT2D eigenvalue weighted by Gasteiger charge is 2.36. The Hall–Kier alpha value is -2.02. The molecule has 28 heavy (non-hydrogen) atoms. The molecule has 0 unspecified atom stereocenters. The topological polar surface area (TPSA) is 59.3 Å². The molecule has 1 aromatic rings. The first-order valence-corrected chi connectivity index (χ1v) is 11.0. The van der Waals surface area contributed by atoms with Gasteiger partial charge in [0.05, 0.1) is 23.7 Å². The van der Waals surface area contributed by atoms with Crippen LogP contribution in [-0.4, -0.2) is 18.7 Å². The van der Waals surface area contributed by atoms with E-state index in [1.807, 2.05) is 12.1 Å². The molecular formula is C24H35NO3. The maximum Gasteiger partial charge on any atom is 0.338 e. The van der Waals surface area contributed by atoms with E-state index < -0.39 is 0 Å². The molecule has 154 valence electrons. The molecule has 0 spiro atoms. The Morgan fingerprint density at radius 2 is 1.75 bits per heavy atom. The van der Waals surface area contributed by atoms with E-state index in [-0.39, 0.29) is 17.5 Å². The van der Waals surface area contributed by atoms with Gasteiger partial charge in [-0.1, -0.05) is 46.0 Å². The van der Waals surface area contributed by atoms with Crippen molar-refractivity contribution in [3.05, 3.63) is 29.8 Å². The number of esters is 1. The molecule has 0 amide bonds. The average Bonchev–Trinajstić information content (AvgIpc) is 2.74. The quantitative estimate of drug-likeness (QED) is 0.324. The lowest BCUT2D eigenvalue weighted by molar-refractivity contribution is 0.0105. The van der Waals surface area contributed by atoms with Crippen molar-refractivity contribution in [1.29, 1.82) is 5.26 Å². The first kappa shape index (κ1) is 22.3. The summed E-state index contributed by atoms with van der Waals surface area (Å²) in [6.07, 6.45) is 11.2. The summed E-state index contributed by atoms with van der Waals surface area (Å²) in [5, 5.41) is 9.71. The van der Waals surface area contributed by atoms with Crippen molar-refractivity contribution < 1.29 is 14.3 Å². The summed E-state index contributed by atoms with van der Waals surface area (Å²) in [6, 6.07) is 9.72. The fraction of sp³-hybridized carbons (Fsp3) is 0.667. The van der Waals surface area contributed by atoms with Crippen LogP contribution < -0.4 is 4.74 Å². The minimum atomic E-state index is -0.281. The van der Waals surface area contributed by atoms with Crippen LogP contribution in [0, 0.1) is 16.7 Å². The van der Waals surface area contributed by atoms with E-state index in [9.17, 15) is 10.1 Å². The molecule has 0 atom stereocenters. The number of hydrogen-bond donors (Lipinski definition) is 0. The molecule has 4 nitrogen and oxygen atoms in total. The van der Waals surface area contributed by atoms with Crippen LogP contribution in [0.5, 0.6) is 5.75 Å². The normalized spacial score (nSPS) is 21.7. The zero-order valence-electron chi connectivity index (χ0n) is 17.5. The number of ether oxygens (including phenoxy) is 2. The zero-order chi connectivity index (χ0) is 20.2. The molecule has 0 aliphatic heterocycles. The fourth-order valence-corrected chi connectivity index (χ4v) is 3.87. The second-order valence-electron chi connectivity index (χ2n) is 8.03. The van der Waals surface area contributed by atoms with Crippen LogP contribution in [0.4, 0.5) is 0 Å². The molecule has 1 aliphatic carbocycles. The van der Waals surface area contributed by atoms with Gasteiger partial charge in [0.15, 0.2) is 0 Å². The highest BCUT2D eigenvalue weighted by atomic mass is 16.5. The predicted octanol–water partition coefficient (Wildman–Crippen LogP) is 6.45. The average molecular weight is 386 g/mol. The fourth-order valence-electron chi connectivity index (χ4n) is 3.87. The summed E-state index contributed by atoms with van der Waals surface area (Å²) in [6.45, 7) is 4.95. The number of nitrogens with zero attached hydrogens (tertiary/aromatic N) is 1. The largest absolute Gasteiger partial charge is 0.494 e. The van der Waals surface area contributed by atoms with Crippen LogP contribution in [0.25, 0.3) is 0 Å². The standard InChI is InChI=1S/C24H35NO3/c1-3-5-6-7-8-15-24(19-25)16-13-22(14-17-24)28-23(26)20-9-11-21(12-10-20)27-18-4-2/h9-12,22H,3-8,13-18H2,1-2H3. The van der Waals surface area contributed by atoms with Gasteiger partial charge >= 0.3 is 5.97 Å². The number of carbonyl (C=O) groups excluding carboxylic acids is 1. The smallest absolute Gasteiger partial charge is 0.338 e. The molecular weight excluding hydrogens is 350 g/mol. The van der Waals surface area contributed by atoms with E-state index in [1.165, 1.54) is 25.7 Å². The maximum absolute atomic E-state index is 12.4. The minimum absolute atomic E-state index is 0.0786. The third kappa shape index (κ3) is 6.86. The third-order valence-corrected chi connectivity index (χ3v) is 5.72. The molecule has 2 rings (SSSR count). The van der Waals surface area contributed by atoms with Gasteiger partial charge in [-0.15, -0.1) is 0 Å². The van der Waals surface area contributed by atoms with Crippen LogP contribution in [-0.2, 0) is 4.74 Å². The van der Waals surface area contributed by atoms with Gasteiger partial charge in [-0.05, 0) is 62.8 Å². The molecule has 0 aromatic heterocycles. The molecule has 1 fully saturated rings. The van der Waals surface area contributed by atoms with Gasteiger partial charge < -0.3 is 9.47 Å². The number of unbranched alkanes of at least 4 members (excludes halogenated alkanes) is 4. The Bertz CT molecular complexity index is 624. The van der Waals surface area contributed by atoms with Gasteiger partial charge in [0.2, 0.25) is 0 Å². The van der Waals surface area contributed by atoms with Crippen molar-refractivity contribution in [2.45, 2.75) is 90.6 Å². The van der Waals surface area contributed by atoms with Crippen molar-refractivity contribution in [3.63, 3.8) is 0 Å². The van der Waals surface area contributed by atoms with Gasteiger partial charge in [0, 0.05) is 0 Å². The van der Waals surface area contributed by atoms with Crippen LogP contribution in [0.2, 0.25) is 0 Å². The van der Waals surface area contributed by atoms with Gasteiger partial charge in [-0.2, -0.15) is 5.26 Å². The van der Waals surface area contributed by atoms with Crippen LogP contribution in [0.1, 0.15) is 94.8 Å². The number of nitriles is 1. The Morgan fingerprint density at radius 1 is 1.07 bits per heavy atom. The summed E-state index contributed by atoms with van der Waals surface area (Å²) < 4.78 is 11.3. The molecule has 0 heterocycles. The Kier molecular flexibility index (Phi) is 9.34. The number of carbonyl (C=O) groups is 1. The van der Waals surface area contributed by atoms with Crippen LogP contribution >= 0.6 is 0 Å². The van der Waals surface area contributed by atoms with Gasteiger partial charge in [-0.3, -0.25) is 0 Å². The second kappa shape index (κ2) is 11.7. The van der Waals surface area contributed by atoms with Crippen molar-refractivity contribution in [3.8, 4) is 11.8 Å². The van der Waals surface area contributed by atoms with Gasteiger partial charge in [0.25, 0.3) is 0 Å². The first-order valence-electron chi connectivity index (χ1n) is 11.0. The summed E-state index contributed by atoms with van der Waals surface area (Å²) in [7, 11) is 0. The van der Waals surface area contributed by atoms with Crippen LogP contribution in [0.15, 0.2) is 24.3 Å². The third-order valence-electron chi connectivity index (χ3n) is 5.72. The molecule has 0 radical (unpaired) electrons. The number of hydrogen-bond acceptors (Lipinski definition) is 4. The lowest BCUT2D eigenvalue weighted by atomic mass is 9.71. The highest BCUT2D eigenvalue weighted by Crippen LogP contribution is 2.41. The van der Waals surface area contributed by atoms with E-state index in [0.29, 0.717) is 12.2 Å². The van der Waals surface area contributed by atoms with E-state index in [1.54, 1.807) is 12.1 Å². The molecule has 0 bridgehead atoms. The van der Waals surface area contributed by atoms with Crippen LogP contribution in [0.3, 0.4) is 0 Å². The summed E-state index contributed by atoms with van der Waals surface area (Å²) >= 11 is 0. The lowest BCUT2D eigenvalue weighted by Crippen LogP contribution is -2.31. The maximum atomic E-state index is 12.4. The summed E-state index contributed by atoms with van der Waals surface area (Å²) in [5.74, 6) is 0.491. The molecule has 0 N–H and O–H groups in total. The Labute approximate surface area is 170 Å². The first-order chi connectivity index (χ1) is 13.6. The predicted molar refractivity (Wildman–Crippen MR) is 111 cm³/mol. The van der Waals surface area contributed by atoms with Gasteiger partial charge in [-0.25, -0.2) is 4.79 Å². The molecule has 4 heteroatoms. The minimum Gasteiger partial charge on any atom is -0.494 e. The summed E-state index contributed by atoms with van der Waals surface area (Å²) in [5.41, 5.74) is 0.338. The molecule has 1 saturated carbocycles. The SMILES string of the molecule is CCCCCCCC1(C#N)CCC(OC(=O)c2ccc(OCCC)cc2)CC1. The van der Waals surface area contributed by atoms with E-state index in [4.69, 9.17) is 9.47 Å². The van der Waals surface area contributed by atoms with Crippen molar-refractivity contribution in [1.82, 2.24) is 0 Å². The molecule has 1 aliphatic rings. The molecule has 1 aromatic carbocycles. The highest BCUT2D eigenvalue weighted by molar-refractivity contribution is 5.89. The summed E-state index contributed by atoms with van der Waals surface area (Å²) in [4.78, 5) is 12.4. The van der Waals surface area contributed by atoms with Crippen molar-refractivity contribution in [2.24, 2.45) is 5.41 Å². The number of rotatable bonds is 11. The van der Waals surface area contributed by atoms with E-state index in [0.717, 1.165) is 50.7 Å². The van der Waals surface area contributed by atoms with Crippen molar-refractivity contribution >= 4 is 5.97 Å². The number of benzene rings is 1. The molecule has 0 saturated heterocycles. The van der Waals surface area contributed by atoms with E-state index in [2.05, 4.69) is 19.9 Å². The lowest BCUT2D eigenvalue weighted by Gasteiger charge is -2.34. The van der Waals surface area contributed by atoms with Gasteiger partial charge in [0.1, 0.15) is 11.9 Å². The second-order valence-corrected chi connectivity index (χ2v) is 8.03. The monoisotopic (exact) mass is 385 g/mol. The van der Waals surface area contributed by atoms with E-state index >= 15 is 0 Å². The Morgan fingerprint density at radius 3 is 2.36 bits per heavy atom. The Balaban J connectivity index is 1.77.